The van der Waals surface area contributed by atoms with Crippen LogP contribution in [-0.4, -0.2) is 36.0 Å². The summed E-state index contributed by atoms with van der Waals surface area (Å²) in [6.07, 6.45) is 8.40. The Morgan fingerprint density at radius 1 is 0.744 bits per heavy atom. The lowest BCUT2D eigenvalue weighted by atomic mass is 10.2. The highest BCUT2D eigenvalue weighted by Crippen LogP contribution is 2.30. The quantitative estimate of drug-likeness (QED) is 0.104. The summed E-state index contributed by atoms with van der Waals surface area (Å²) in [7, 11) is 0. The molecule has 0 aromatic heterocycles. The molecule has 0 atom stereocenters. The van der Waals surface area contributed by atoms with E-state index in [1.807, 2.05) is 25.3 Å². The van der Waals surface area contributed by atoms with Crippen LogP contribution in [-0.2, 0) is 9.59 Å². The molecule has 8 heteroatoms. The Bertz CT molecular complexity index is 1400. The first-order valence-corrected chi connectivity index (χ1v) is 17.2. The number of nitrogen functional groups attached to an aromatic ring is 1. The van der Waals surface area contributed by atoms with Crippen LogP contribution in [0.4, 0.5) is 17.1 Å². The number of carbonyl (C=O) groups excluding carboxylic acids is 2. The molecule has 0 bridgehead atoms. The van der Waals surface area contributed by atoms with Gasteiger partial charge in [0.1, 0.15) is 11.6 Å². The summed E-state index contributed by atoms with van der Waals surface area (Å²) >= 11 is 5.17. The van der Waals surface area contributed by atoms with Gasteiger partial charge in [-0.05, 0) is 126 Å². The summed E-state index contributed by atoms with van der Waals surface area (Å²) in [6, 6.07) is 18.9. The first-order valence-electron chi connectivity index (χ1n) is 13.5. The molecule has 3 rings (SSSR count). The monoisotopic (exact) mass is 639 g/mol. The van der Waals surface area contributed by atoms with Crippen LogP contribution in [0.3, 0.4) is 0 Å². The third-order valence-electron chi connectivity index (χ3n) is 5.63. The molecule has 0 amide bonds. The number of thioether (sulfide) groups is 3. The number of nitrogens with zero attached hydrogens (tertiary/aromatic N) is 1. The number of nitrogens with two attached hydrogens (primary N) is 1. The summed E-state index contributed by atoms with van der Waals surface area (Å²) in [6.45, 7) is 13.2. The van der Waals surface area contributed by atoms with Gasteiger partial charge in [-0.3, -0.25) is 14.6 Å². The molecule has 3 aromatic rings. The molecule has 234 valence electrons. The number of benzene rings is 3. The van der Waals surface area contributed by atoms with Gasteiger partial charge < -0.3 is 11.1 Å². The van der Waals surface area contributed by atoms with Crippen LogP contribution < -0.4 is 11.1 Å². The van der Waals surface area contributed by atoms with Gasteiger partial charge in [0.2, 0.25) is 0 Å². The molecule has 43 heavy (non-hydrogen) atoms. The van der Waals surface area contributed by atoms with Crippen molar-refractivity contribution in [2.45, 2.75) is 77.0 Å². The predicted molar refractivity (Wildman–Crippen MR) is 196 cm³/mol. The van der Waals surface area contributed by atoms with Crippen LogP contribution in [0.15, 0.2) is 86.0 Å². The number of aryl methyl sites for hydroxylation is 3. The van der Waals surface area contributed by atoms with Gasteiger partial charge in [0.05, 0.1) is 17.8 Å². The Balaban J connectivity index is 0.000000804. The van der Waals surface area contributed by atoms with E-state index < -0.39 is 0 Å². The second-order valence-electron chi connectivity index (χ2n) is 9.91. The average Bonchev–Trinajstić information content (AvgIpc) is 2.91. The van der Waals surface area contributed by atoms with Crippen LogP contribution in [0.5, 0.6) is 0 Å². The van der Waals surface area contributed by atoms with Crippen LogP contribution in [0.25, 0.3) is 0 Å². The standard InChI is InChI=1S/C21H26N2S2.C8H11NS.C5H8O2.CH4/c1-14-7-9-18(20(11-14)24-5)22-16(3)13-17(4)23-19-10-8-15(2)12-21(19)25-6;1-6-3-4-7(9)8(5-6)10-2;1-4(6)3-5(2)7;/h7-13,22H,1-6H3;3-5H,9H2,1-2H3;3H2,1-2H3;1H4/b16-13-,23-17?;;;. The largest absolute Gasteiger partial charge is 0.398 e. The SMILES string of the molecule is C.CC(=O)CC(C)=O.CSc1cc(C)ccc1N.CSc1cc(C)ccc1N=C(C)/C=C(/C)Nc1ccc(C)cc1SC. The van der Waals surface area contributed by atoms with Crippen molar-refractivity contribution in [2.75, 3.05) is 29.8 Å². The van der Waals surface area contributed by atoms with Gasteiger partial charge in [0.25, 0.3) is 0 Å². The molecule has 0 radical (unpaired) electrons. The van der Waals surface area contributed by atoms with E-state index >= 15 is 0 Å². The van der Waals surface area contributed by atoms with E-state index in [0.29, 0.717) is 0 Å². The summed E-state index contributed by atoms with van der Waals surface area (Å²) in [5.74, 6) is -0.125. The predicted octanol–water partition coefficient (Wildman–Crippen LogP) is 10.3. The first-order chi connectivity index (χ1) is 19.8. The van der Waals surface area contributed by atoms with Crippen molar-refractivity contribution >= 4 is 69.6 Å². The van der Waals surface area contributed by atoms with E-state index in [2.05, 4.69) is 94.1 Å². The zero-order valence-corrected chi connectivity index (χ0v) is 29.0. The number of rotatable bonds is 9. The molecule has 0 saturated carbocycles. The maximum absolute atomic E-state index is 10.0. The minimum atomic E-state index is -0.0625. The maximum atomic E-state index is 10.0. The molecule has 0 aliphatic heterocycles. The van der Waals surface area contributed by atoms with Gasteiger partial charge in [-0.1, -0.05) is 25.6 Å². The van der Waals surface area contributed by atoms with Gasteiger partial charge in [-0.25, -0.2) is 0 Å². The fourth-order valence-electron chi connectivity index (χ4n) is 3.73. The second kappa shape index (κ2) is 20.9. The highest BCUT2D eigenvalue weighted by atomic mass is 32.2. The minimum Gasteiger partial charge on any atom is -0.398 e. The van der Waals surface area contributed by atoms with Gasteiger partial charge in [-0.2, -0.15) is 0 Å². The number of carbonyl (C=O) groups is 2. The molecular formula is C35H49N3O2S3. The molecule has 0 saturated heterocycles. The number of nitrogens with one attached hydrogen (secondary N) is 1. The number of ketones is 2. The highest BCUT2D eigenvalue weighted by molar-refractivity contribution is 7.99. The molecule has 0 aliphatic carbocycles. The smallest absolute Gasteiger partial charge is 0.137 e. The number of allylic oxidation sites excluding steroid dienone is 2. The third-order valence-corrected chi connectivity index (χ3v) is 7.97. The Labute approximate surface area is 273 Å². The fourth-order valence-corrected chi connectivity index (χ4v) is 5.61. The molecule has 0 aliphatic rings. The van der Waals surface area contributed by atoms with Crippen molar-refractivity contribution in [3.05, 3.63) is 83.1 Å². The molecule has 3 N–H and O–H groups in total. The van der Waals surface area contributed by atoms with Crippen molar-refractivity contribution < 1.29 is 9.59 Å². The summed E-state index contributed by atoms with van der Waals surface area (Å²) in [5.41, 5.74) is 14.6. The second-order valence-corrected chi connectivity index (χ2v) is 12.5. The summed E-state index contributed by atoms with van der Waals surface area (Å²) < 4.78 is 0. The van der Waals surface area contributed by atoms with Gasteiger partial charge >= 0.3 is 0 Å². The Kier molecular flexibility index (Phi) is 19.4. The van der Waals surface area contributed by atoms with Crippen LogP contribution >= 0.6 is 35.3 Å². The number of hydrogen-bond donors (Lipinski definition) is 2. The van der Waals surface area contributed by atoms with Gasteiger partial charge in [-0.15, -0.1) is 35.3 Å². The van der Waals surface area contributed by atoms with Crippen LogP contribution in [0, 0.1) is 20.8 Å². The summed E-state index contributed by atoms with van der Waals surface area (Å²) in [4.78, 5) is 28.5. The lowest BCUT2D eigenvalue weighted by Gasteiger charge is -2.12. The number of Topliss-reactive ketones (excluding diaryl/α,β-unsaturated/α-hetero) is 2. The van der Waals surface area contributed by atoms with Crippen LogP contribution in [0.2, 0.25) is 0 Å². The van der Waals surface area contributed by atoms with Crippen molar-refractivity contribution in [1.82, 2.24) is 0 Å². The van der Waals surface area contributed by atoms with E-state index in [9.17, 15) is 9.59 Å². The van der Waals surface area contributed by atoms with Gasteiger partial charge in [0.15, 0.2) is 0 Å². The molecule has 0 spiro atoms. The topological polar surface area (TPSA) is 84.5 Å². The lowest BCUT2D eigenvalue weighted by Crippen LogP contribution is -2.00. The average molecular weight is 640 g/mol. The van der Waals surface area contributed by atoms with E-state index in [4.69, 9.17) is 10.7 Å². The zero-order valence-electron chi connectivity index (χ0n) is 26.5. The molecule has 0 unspecified atom stereocenters. The van der Waals surface area contributed by atoms with E-state index in [0.717, 1.165) is 28.5 Å². The molecular weight excluding hydrogens is 591 g/mol. The fraction of sp³-hybridized carbons (Fsp3) is 0.343. The Morgan fingerprint density at radius 3 is 1.67 bits per heavy atom. The molecule has 3 aromatic carbocycles. The number of hydrogen-bond acceptors (Lipinski definition) is 8. The van der Waals surface area contributed by atoms with Crippen LogP contribution in [0.1, 0.15) is 58.2 Å². The normalized spacial score (nSPS) is 10.8. The van der Waals surface area contributed by atoms with Crippen molar-refractivity contribution in [2.24, 2.45) is 4.99 Å². The van der Waals surface area contributed by atoms with E-state index in [1.54, 1.807) is 35.3 Å². The third kappa shape index (κ3) is 15.9. The Hall–Kier alpha value is -2.94. The number of aliphatic imine (C=N–C) groups is 1. The molecule has 0 heterocycles. The van der Waals surface area contributed by atoms with Gasteiger partial charge in [0, 0.05) is 31.8 Å². The Morgan fingerprint density at radius 2 is 1.21 bits per heavy atom. The maximum Gasteiger partial charge on any atom is 0.137 e. The summed E-state index contributed by atoms with van der Waals surface area (Å²) in [5, 5.41) is 3.50. The first kappa shape index (κ1) is 40.1. The highest BCUT2D eigenvalue weighted by Gasteiger charge is 2.04. The lowest BCUT2D eigenvalue weighted by molar-refractivity contribution is -0.124. The minimum absolute atomic E-state index is 0. The molecule has 5 nitrogen and oxygen atoms in total. The molecule has 0 fully saturated rings. The van der Waals surface area contributed by atoms with E-state index in [1.165, 1.54) is 45.2 Å². The number of anilines is 2. The zero-order chi connectivity index (χ0) is 31.8. The van der Waals surface area contributed by atoms with E-state index in [-0.39, 0.29) is 25.4 Å². The van der Waals surface area contributed by atoms with Crippen molar-refractivity contribution in [1.29, 1.82) is 0 Å². The van der Waals surface area contributed by atoms with Crippen molar-refractivity contribution in [3.8, 4) is 0 Å². The van der Waals surface area contributed by atoms with Crippen molar-refractivity contribution in [3.63, 3.8) is 0 Å².